The van der Waals surface area contributed by atoms with Crippen molar-refractivity contribution < 1.29 is 14.3 Å². The number of nitrogens with zero attached hydrogens (tertiary/aromatic N) is 1. The lowest BCUT2D eigenvalue weighted by Crippen LogP contribution is -2.36. The molecular formula is C12H23NO3. The number of methoxy groups -OCH3 is 2. The summed E-state index contributed by atoms with van der Waals surface area (Å²) in [4.78, 5) is 13.3. The average Bonchev–Trinajstić information content (AvgIpc) is 2.70. The Morgan fingerprint density at radius 3 is 2.12 bits per heavy atom. The first-order valence-electron chi connectivity index (χ1n) is 5.83. The van der Waals surface area contributed by atoms with Gasteiger partial charge in [-0.05, 0) is 6.42 Å². The summed E-state index contributed by atoms with van der Waals surface area (Å²) < 4.78 is 10.7. The lowest BCUT2D eigenvalue weighted by molar-refractivity contribution is -0.116. The summed E-state index contributed by atoms with van der Waals surface area (Å²) in [5.41, 5.74) is -0.249. The first kappa shape index (κ1) is 13.6. The molecule has 4 nitrogen and oxygen atoms in total. The largest absolute Gasteiger partial charge is 0.377 e. The van der Waals surface area contributed by atoms with E-state index in [2.05, 4.69) is 4.90 Å². The summed E-state index contributed by atoms with van der Waals surface area (Å²) in [6.07, 6.45) is 2.17. The van der Waals surface area contributed by atoms with Crippen molar-refractivity contribution in [2.45, 2.75) is 32.5 Å². The van der Waals surface area contributed by atoms with E-state index in [0.29, 0.717) is 0 Å². The van der Waals surface area contributed by atoms with Crippen LogP contribution in [0.3, 0.4) is 0 Å². The van der Waals surface area contributed by atoms with Gasteiger partial charge < -0.3 is 14.3 Å². The van der Waals surface area contributed by atoms with Crippen molar-refractivity contribution in [2.24, 2.45) is 5.41 Å². The van der Waals surface area contributed by atoms with Crippen LogP contribution in [0, 0.1) is 5.41 Å². The van der Waals surface area contributed by atoms with Crippen LogP contribution in [-0.4, -0.2) is 57.2 Å². The second-order valence-corrected chi connectivity index (χ2v) is 4.87. The summed E-state index contributed by atoms with van der Waals surface area (Å²) in [6.45, 7) is 6.53. The first-order valence-corrected chi connectivity index (χ1v) is 5.83. The third-order valence-corrected chi connectivity index (χ3v) is 3.57. The summed E-state index contributed by atoms with van der Waals surface area (Å²) in [5, 5.41) is 0. The number of hydrogen-bond acceptors (Lipinski definition) is 4. The van der Waals surface area contributed by atoms with Crippen LogP contribution in [0.5, 0.6) is 0 Å². The number of aldehydes is 1. The number of hydrogen-bond donors (Lipinski definition) is 0. The Morgan fingerprint density at radius 1 is 1.31 bits per heavy atom. The first-order chi connectivity index (χ1) is 7.58. The van der Waals surface area contributed by atoms with Gasteiger partial charge in [0.2, 0.25) is 0 Å². The predicted molar refractivity (Wildman–Crippen MR) is 62.5 cm³/mol. The van der Waals surface area contributed by atoms with Crippen LogP contribution < -0.4 is 0 Å². The molecule has 0 aliphatic carbocycles. The second kappa shape index (κ2) is 5.75. The van der Waals surface area contributed by atoms with Crippen molar-refractivity contribution in [2.75, 3.05) is 33.9 Å². The molecule has 1 aliphatic rings. The lowest BCUT2D eigenvalue weighted by Gasteiger charge is -2.27. The summed E-state index contributed by atoms with van der Waals surface area (Å²) in [5.74, 6) is 0. The highest BCUT2D eigenvalue weighted by Crippen LogP contribution is 2.24. The van der Waals surface area contributed by atoms with Crippen LogP contribution in [0.2, 0.25) is 0 Å². The molecule has 0 radical (unpaired) electrons. The third kappa shape index (κ3) is 3.03. The Labute approximate surface area is 97.9 Å². The standard InChI is InChI=1S/C12H23NO3/c1-5-12(2,9-14)8-13-6-10(15-3)11(7-13)16-4/h9-11H,5-8H2,1-4H3. The Morgan fingerprint density at radius 2 is 1.81 bits per heavy atom. The SMILES string of the molecule is CCC(C)(C=O)CN1CC(OC)C(OC)C1. The Bertz CT molecular complexity index is 222. The molecule has 0 aromatic heterocycles. The summed E-state index contributed by atoms with van der Waals surface area (Å²) in [6, 6.07) is 0. The van der Waals surface area contributed by atoms with E-state index in [4.69, 9.17) is 9.47 Å². The van der Waals surface area contributed by atoms with Crippen LogP contribution >= 0.6 is 0 Å². The number of carbonyl (C=O) groups excluding carboxylic acids is 1. The van der Waals surface area contributed by atoms with E-state index in [9.17, 15) is 4.79 Å². The van der Waals surface area contributed by atoms with Gasteiger partial charge in [0.25, 0.3) is 0 Å². The van der Waals surface area contributed by atoms with E-state index in [0.717, 1.165) is 32.3 Å². The molecule has 0 spiro atoms. The molecule has 0 amide bonds. The molecule has 1 saturated heterocycles. The predicted octanol–water partition coefficient (Wildman–Crippen LogP) is 0.947. The minimum absolute atomic E-state index is 0.123. The van der Waals surface area contributed by atoms with Crippen molar-refractivity contribution in [3.63, 3.8) is 0 Å². The van der Waals surface area contributed by atoms with E-state index in [-0.39, 0.29) is 17.6 Å². The fourth-order valence-electron chi connectivity index (χ4n) is 2.14. The maximum atomic E-state index is 11.1. The van der Waals surface area contributed by atoms with Crippen molar-refractivity contribution in [1.82, 2.24) is 4.90 Å². The molecule has 0 N–H and O–H groups in total. The molecule has 4 heteroatoms. The van der Waals surface area contributed by atoms with Crippen molar-refractivity contribution in [1.29, 1.82) is 0 Å². The molecule has 3 atom stereocenters. The van der Waals surface area contributed by atoms with Crippen LogP contribution in [0.25, 0.3) is 0 Å². The van der Waals surface area contributed by atoms with E-state index < -0.39 is 0 Å². The van der Waals surface area contributed by atoms with Gasteiger partial charge >= 0.3 is 0 Å². The monoisotopic (exact) mass is 229 g/mol. The molecule has 1 aliphatic heterocycles. The Kier molecular flexibility index (Phi) is 4.89. The van der Waals surface area contributed by atoms with E-state index in [1.807, 2.05) is 13.8 Å². The molecule has 0 bridgehead atoms. The van der Waals surface area contributed by atoms with Gasteiger partial charge in [0.15, 0.2) is 0 Å². The molecule has 1 rings (SSSR count). The fraction of sp³-hybridized carbons (Fsp3) is 0.917. The molecule has 0 aromatic rings. The van der Waals surface area contributed by atoms with Gasteiger partial charge in [-0.1, -0.05) is 13.8 Å². The molecule has 1 heterocycles. The zero-order valence-corrected chi connectivity index (χ0v) is 10.7. The third-order valence-electron chi connectivity index (χ3n) is 3.57. The smallest absolute Gasteiger partial charge is 0.127 e. The number of rotatable bonds is 6. The van der Waals surface area contributed by atoms with Gasteiger partial charge in [0.05, 0.1) is 12.2 Å². The lowest BCUT2D eigenvalue weighted by atomic mass is 9.89. The minimum atomic E-state index is -0.249. The Balaban J connectivity index is 2.55. The van der Waals surface area contributed by atoms with Gasteiger partial charge in [0, 0.05) is 39.3 Å². The number of likely N-dealkylation sites (tertiary alicyclic amines) is 1. The van der Waals surface area contributed by atoms with E-state index in [1.165, 1.54) is 0 Å². The number of carbonyl (C=O) groups is 1. The maximum absolute atomic E-state index is 11.1. The zero-order chi connectivity index (χ0) is 12.2. The zero-order valence-electron chi connectivity index (χ0n) is 10.7. The molecule has 0 saturated carbocycles. The second-order valence-electron chi connectivity index (χ2n) is 4.87. The van der Waals surface area contributed by atoms with Crippen LogP contribution in [0.15, 0.2) is 0 Å². The normalized spacial score (nSPS) is 30.2. The molecule has 94 valence electrons. The summed E-state index contributed by atoms with van der Waals surface area (Å²) in [7, 11) is 3.41. The quantitative estimate of drug-likeness (QED) is 0.636. The van der Waals surface area contributed by atoms with Crippen molar-refractivity contribution >= 4 is 6.29 Å². The van der Waals surface area contributed by atoms with Crippen LogP contribution in [0.4, 0.5) is 0 Å². The topological polar surface area (TPSA) is 38.8 Å². The van der Waals surface area contributed by atoms with Gasteiger partial charge in [-0.25, -0.2) is 0 Å². The highest BCUT2D eigenvalue weighted by atomic mass is 16.5. The van der Waals surface area contributed by atoms with E-state index >= 15 is 0 Å². The average molecular weight is 229 g/mol. The van der Waals surface area contributed by atoms with Gasteiger partial charge in [-0.3, -0.25) is 4.90 Å². The molecule has 1 fully saturated rings. The van der Waals surface area contributed by atoms with Crippen molar-refractivity contribution in [3.05, 3.63) is 0 Å². The summed E-state index contributed by atoms with van der Waals surface area (Å²) >= 11 is 0. The highest BCUT2D eigenvalue weighted by molar-refractivity contribution is 5.58. The number of ether oxygens (including phenoxy) is 2. The van der Waals surface area contributed by atoms with Gasteiger partial charge in [-0.15, -0.1) is 0 Å². The molecule has 0 aromatic carbocycles. The molecule has 3 unspecified atom stereocenters. The van der Waals surface area contributed by atoms with Gasteiger partial charge in [0.1, 0.15) is 6.29 Å². The minimum Gasteiger partial charge on any atom is -0.377 e. The van der Waals surface area contributed by atoms with E-state index in [1.54, 1.807) is 14.2 Å². The maximum Gasteiger partial charge on any atom is 0.127 e. The van der Waals surface area contributed by atoms with Gasteiger partial charge in [-0.2, -0.15) is 0 Å². The Hall–Kier alpha value is -0.450. The van der Waals surface area contributed by atoms with Crippen LogP contribution in [0.1, 0.15) is 20.3 Å². The van der Waals surface area contributed by atoms with Crippen LogP contribution in [-0.2, 0) is 14.3 Å². The molecule has 16 heavy (non-hydrogen) atoms. The highest BCUT2D eigenvalue weighted by Gasteiger charge is 2.36. The van der Waals surface area contributed by atoms with Crippen molar-refractivity contribution in [3.8, 4) is 0 Å². The fourth-order valence-corrected chi connectivity index (χ4v) is 2.14. The molecular weight excluding hydrogens is 206 g/mol.